The van der Waals surface area contributed by atoms with Crippen molar-refractivity contribution in [2.45, 2.75) is 6.10 Å². The predicted molar refractivity (Wildman–Crippen MR) is 41.1 cm³/mol. The van der Waals surface area contributed by atoms with Crippen molar-refractivity contribution in [3.8, 4) is 0 Å². The van der Waals surface area contributed by atoms with Crippen molar-refractivity contribution >= 4 is 0 Å². The summed E-state index contributed by atoms with van der Waals surface area (Å²) in [6.07, 6.45) is 2.76. The van der Waals surface area contributed by atoms with Crippen LogP contribution in [-0.2, 0) is 4.74 Å². The first-order valence-electron chi connectivity index (χ1n) is 3.41. The topological polar surface area (TPSA) is 42.4 Å². The van der Waals surface area contributed by atoms with E-state index in [4.69, 9.17) is 4.74 Å². The molecule has 0 saturated heterocycles. The second kappa shape index (κ2) is 4.05. The van der Waals surface area contributed by atoms with Crippen LogP contribution in [0, 0.1) is 0 Å². The van der Waals surface area contributed by atoms with Crippen LogP contribution in [-0.4, -0.2) is 23.8 Å². The van der Waals surface area contributed by atoms with Crippen LogP contribution in [0.3, 0.4) is 0 Å². The largest absolute Gasteiger partial charge is 0.386 e. The number of pyridine rings is 1. The van der Waals surface area contributed by atoms with Gasteiger partial charge >= 0.3 is 0 Å². The number of aromatic nitrogens is 1. The van der Waals surface area contributed by atoms with Gasteiger partial charge in [-0.1, -0.05) is 0 Å². The molecular formula is C8H11NO2. The minimum Gasteiger partial charge on any atom is -0.386 e. The normalized spacial score (nSPS) is 12.9. The fourth-order valence-electron chi connectivity index (χ4n) is 0.840. The number of nitrogens with zero attached hydrogens (tertiary/aromatic N) is 1. The Kier molecular flexibility index (Phi) is 3.01. The first kappa shape index (κ1) is 8.17. The molecular weight excluding hydrogens is 142 g/mol. The van der Waals surface area contributed by atoms with E-state index in [1.807, 2.05) is 0 Å². The molecule has 1 aromatic rings. The van der Waals surface area contributed by atoms with Gasteiger partial charge in [0, 0.05) is 19.5 Å². The Labute approximate surface area is 65.7 Å². The highest BCUT2D eigenvalue weighted by molar-refractivity contribution is 5.12. The maximum Gasteiger partial charge on any atom is 0.102 e. The molecule has 3 nitrogen and oxygen atoms in total. The summed E-state index contributed by atoms with van der Waals surface area (Å²) in [7, 11) is 1.56. The van der Waals surface area contributed by atoms with Gasteiger partial charge in [0.2, 0.25) is 0 Å². The van der Waals surface area contributed by atoms with Crippen molar-refractivity contribution in [2.75, 3.05) is 13.7 Å². The number of rotatable bonds is 3. The second-order valence-corrected chi connectivity index (χ2v) is 2.25. The monoisotopic (exact) mass is 153 g/mol. The average Bonchev–Trinajstić information content (AvgIpc) is 2.07. The molecule has 1 aromatic heterocycles. The molecule has 0 aliphatic carbocycles. The molecule has 0 aromatic carbocycles. The van der Waals surface area contributed by atoms with Gasteiger partial charge in [-0.3, -0.25) is 4.98 Å². The summed E-state index contributed by atoms with van der Waals surface area (Å²) in [4.78, 5) is 3.84. The van der Waals surface area contributed by atoms with E-state index in [9.17, 15) is 5.11 Å². The summed E-state index contributed by atoms with van der Waals surface area (Å²) >= 11 is 0. The molecule has 0 fully saturated rings. The molecule has 0 aliphatic rings. The maximum absolute atomic E-state index is 9.37. The quantitative estimate of drug-likeness (QED) is 0.697. The molecule has 1 N–H and O–H groups in total. The Morgan fingerprint density at radius 2 is 2.18 bits per heavy atom. The van der Waals surface area contributed by atoms with Gasteiger partial charge in [-0.2, -0.15) is 0 Å². The highest BCUT2D eigenvalue weighted by atomic mass is 16.5. The maximum atomic E-state index is 9.37. The Hall–Kier alpha value is -0.930. The molecule has 0 saturated carbocycles. The molecule has 0 bridgehead atoms. The van der Waals surface area contributed by atoms with Crippen molar-refractivity contribution in [3.05, 3.63) is 30.1 Å². The fraction of sp³-hybridized carbons (Fsp3) is 0.375. The van der Waals surface area contributed by atoms with Gasteiger partial charge in [0.05, 0.1) is 6.61 Å². The third-order valence-electron chi connectivity index (χ3n) is 1.42. The predicted octanol–water partition coefficient (Wildman–Crippen LogP) is 0.761. The Morgan fingerprint density at radius 1 is 1.55 bits per heavy atom. The van der Waals surface area contributed by atoms with Crippen LogP contribution >= 0.6 is 0 Å². The molecule has 0 amide bonds. The number of ether oxygens (including phenoxy) is 1. The summed E-state index contributed by atoms with van der Waals surface area (Å²) in [5, 5.41) is 9.37. The molecule has 3 heteroatoms. The van der Waals surface area contributed by atoms with Gasteiger partial charge in [-0.05, 0) is 17.7 Å². The van der Waals surface area contributed by atoms with E-state index in [1.54, 1.807) is 31.6 Å². The highest BCUT2D eigenvalue weighted by Gasteiger charge is 2.04. The third kappa shape index (κ3) is 2.29. The smallest absolute Gasteiger partial charge is 0.102 e. The average molecular weight is 153 g/mol. The molecule has 1 heterocycles. The Bertz CT molecular complexity index is 201. The van der Waals surface area contributed by atoms with Crippen molar-refractivity contribution in [1.82, 2.24) is 4.98 Å². The van der Waals surface area contributed by atoms with Gasteiger partial charge in [0.25, 0.3) is 0 Å². The summed E-state index contributed by atoms with van der Waals surface area (Å²) in [6.45, 7) is 0.323. The Morgan fingerprint density at radius 3 is 2.73 bits per heavy atom. The van der Waals surface area contributed by atoms with Gasteiger partial charge in [0.15, 0.2) is 0 Å². The van der Waals surface area contributed by atoms with Crippen LogP contribution in [0.2, 0.25) is 0 Å². The van der Waals surface area contributed by atoms with Crippen molar-refractivity contribution < 1.29 is 9.84 Å². The third-order valence-corrected chi connectivity index (χ3v) is 1.42. The number of aliphatic hydroxyl groups excluding tert-OH is 1. The molecule has 1 rings (SSSR count). The van der Waals surface area contributed by atoms with Crippen LogP contribution in [0.15, 0.2) is 24.5 Å². The molecule has 0 spiro atoms. The molecule has 1 atom stereocenters. The molecule has 11 heavy (non-hydrogen) atoms. The van der Waals surface area contributed by atoms with Crippen molar-refractivity contribution in [2.24, 2.45) is 0 Å². The van der Waals surface area contributed by atoms with E-state index < -0.39 is 6.10 Å². The zero-order valence-electron chi connectivity index (χ0n) is 6.40. The van der Waals surface area contributed by atoms with Gasteiger partial charge in [-0.25, -0.2) is 0 Å². The van der Waals surface area contributed by atoms with Crippen molar-refractivity contribution in [1.29, 1.82) is 0 Å². The summed E-state index contributed by atoms with van der Waals surface area (Å²) in [6, 6.07) is 3.54. The minimum absolute atomic E-state index is 0.323. The van der Waals surface area contributed by atoms with Crippen LogP contribution in [0.4, 0.5) is 0 Å². The van der Waals surface area contributed by atoms with Crippen LogP contribution in [0.25, 0.3) is 0 Å². The molecule has 60 valence electrons. The van der Waals surface area contributed by atoms with E-state index in [1.165, 1.54) is 0 Å². The number of hydrogen-bond donors (Lipinski definition) is 1. The minimum atomic E-state index is -0.539. The van der Waals surface area contributed by atoms with Gasteiger partial charge < -0.3 is 9.84 Å². The standard InChI is InChI=1S/C8H11NO2/c1-11-6-8(10)7-2-4-9-5-3-7/h2-5,8,10H,6H2,1H3. The molecule has 0 radical (unpaired) electrons. The summed E-state index contributed by atoms with van der Waals surface area (Å²) in [5.74, 6) is 0. The number of aliphatic hydroxyl groups is 1. The van der Waals surface area contributed by atoms with Gasteiger partial charge in [-0.15, -0.1) is 0 Å². The first-order valence-corrected chi connectivity index (χ1v) is 3.41. The summed E-state index contributed by atoms with van der Waals surface area (Å²) < 4.78 is 4.79. The van der Waals surface area contributed by atoms with Crippen LogP contribution in [0.5, 0.6) is 0 Å². The lowest BCUT2D eigenvalue weighted by molar-refractivity contribution is 0.0643. The van der Waals surface area contributed by atoms with Crippen LogP contribution in [0.1, 0.15) is 11.7 Å². The molecule has 0 aliphatic heterocycles. The first-order chi connectivity index (χ1) is 5.34. The van der Waals surface area contributed by atoms with Crippen LogP contribution < -0.4 is 0 Å². The zero-order chi connectivity index (χ0) is 8.10. The summed E-state index contributed by atoms with van der Waals surface area (Å²) in [5.41, 5.74) is 0.835. The highest BCUT2D eigenvalue weighted by Crippen LogP contribution is 2.10. The molecule has 1 unspecified atom stereocenters. The van der Waals surface area contributed by atoms with Crippen molar-refractivity contribution in [3.63, 3.8) is 0 Å². The van der Waals surface area contributed by atoms with E-state index in [2.05, 4.69) is 4.98 Å². The lowest BCUT2D eigenvalue weighted by atomic mass is 10.2. The second-order valence-electron chi connectivity index (χ2n) is 2.25. The van der Waals surface area contributed by atoms with E-state index >= 15 is 0 Å². The SMILES string of the molecule is COCC(O)c1ccncc1. The number of hydrogen-bond acceptors (Lipinski definition) is 3. The number of methoxy groups -OCH3 is 1. The lowest BCUT2D eigenvalue weighted by Gasteiger charge is -2.07. The van der Waals surface area contributed by atoms with E-state index in [-0.39, 0.29) is 0 Å². The van der Waals surface area contributed by atoms with E-state index in [0.29, 0.717) is 6.61 Å². The Balaban J connectivity index is 2.61. The fourth-order valence-corrected chi connectivity index (χ4v) is 0.840. The zero-order valence-corrected chi connectivity index (χ0v) is 6.40. The van der Waals surface area contributed by atoms with E-state index in [0.717, 1.165) is 5.56 Å². The van der Waals surface area contributed by atoms with Gasteiger partial charge in [0.1, 0.15) is 6.10 Å². The lowest BCUT2D eigenvalue weighted by Crippen LogP contribution is -2.04.